The number of ether oxygens (including phenoxy) is 1. The lowest BCUT2D eigenvalue weighted by molar-refractivity contribution is -0.208. The molecule has 1 amide bonds. The Hall–Kier alpha value is -1.79. The Labute approximate surface area is 87.2 Å². The van der Waals surface area contributed by atoms with Crippen LogP contribution in [0.15, 0.2) is 24.3 Å². The van der Waals surface area contributed by atoms with Gasteiger partial charge in [-0.2, -0.15) is 13.2 Å². The zero-order chi connectivity index (χ0) is 11.9. The smallest absolute Gasteiger partial charge is 0.429 e. The van der Waals surface area contributed by atoms with E-state index in [1.54, 1.807) is 0 Å². The molecule has 0 saturated heterocycles. The second kappa shape index (κ2) is 3.36. The number of hydrogen-bond donors (Lipinski definition) is 0. The van der Waals surface area contributed by atoms with Gasteiger partial charge in [0.15, 0.2) is 0 Å². The highest BCUT2D eigenvalue weighted by molar-refractivity contribution is 5.88. The van der Waals surface area contributed by atoms with Gasteiger partial charge in [-0.3, -0.25) is 0 Å². The molecule has 0 saturated carbocycles. The average molecular weight is 235 g/mol. The Morgan fingerprint density at radius 3 is 2.50 bits per heavy atom. The standard InChI is InChI=1S/C9H5F4NO2/c10-9(11,12)7-5-3-1-2-4-6(5)14(13)8(15)16-7/h1-4,7H. The lowest BCUT2D eigenvalue weighted by atomic mass is 10.1. The molecule has 1 aromatic carbocycles. The molecule has 0 radical (unpaired) electrons. The fourth-order valence-corrected chi connectivity index (χ4v) is 1.44. The summed E-state index contributed by atoms with van der Waals surface area (Å²) < 4.78 is 54.6. The van der Waals surface area contributed by atoms with Crippen LogP contribution in [0.1, 0.15) is 11.7 Å². The van der Waals surface area contributed by atoms with Crippen molar-refractivity contribution in [1.82, 2.24) is 0 Å². The molecule has 7 heteroatoms. The summed E-state index contributed by atoms with van der Waals surface area (Å²) in [6.45, 7) is 0. The molecule has 2 rings (SSSR count). The van der Waals surface area contributed by atoms with Gasteiger partial charge < -0.3 is 4.74 Å². The Morgan fingerprint density at radius 2 is 1.88 bits per heavy atom. The summed E-state index contributed by atoms with van der Waals surface area (Å²) in [4.78, 5) is 10.8. The van der Waals surface area contributed by atoms with Gasteiger partial charge >= 0.3 is 12.3 Å². The molecule has 0 aliphatic carbocycles. The third-order valence-electron chi connectivity index (χ3n) is 2.11. The number of rotatable bonds is 0. The third kappa shape index (κ3) is 1.58. The molecule has 86 valence electrons. The first-order chi connectivity index (χ1) is 7.41. The van der Waals surface area contributed by atoms with E-state index in [4.69, 9.17) is 0 Å². The van der Waals surface area contributed by atoms with Gasteiger partial charge in [0.2, 0.25) is 6.10 Å². The Kier molecular flexibility index (Phi) is 2.25. The first kappa shape index (κ1) is 10.7. The molecule has 0 N–H and O–H groups in total. The van der Waals surface area contributed by atoms with Crippen molar-refractivity contribution in [1.29, 1.82) is 0 Å². The fraction of sp³-hybridized carbons (Fsp3) is 0.222. The SMILES string of the molecule is O=C1OC(C(F)(F)F)c2ccccc2N1F. The van der Waals surface area contributed by atoms with Gasteiger partial charge in [-0.25, -0.2) is 4.79 Å². The van der Waals surface area contributed by atoms with Crippen molar-refractivity contribution >= 4 is 11.8 Å². The number of fused-ring (bicyclic) bond motifs is 1. The first-order valence-corrected chi connectivity index (χ1v) is 4.23. The third-order valence-corrected chi connectivity index (χ3v) is 2.11. The van der Waals surface area contributed by atoms with Crippen molar-refractivity contribution in [3.63, 3.8) is 0 Å². The molecular weight excluding hydrogens is 230 g/mol. The second-order valence-electron chi connectivity index (χ2n) is 3.15. The normalized spacial score (nSPS) is 20.4. The van der Waals surface area contributed by atoms with E-state index in [9.17, 15) is 22.4 Å². The van der Waals surface area contributed by atoms with E-state index < -0.39 is 34.7 Å². The molecular formula is C9H5F4NO2. The van der Waals surface area contributed by atoms with Crippen LogP contribution in [0.25, 0.3) is 0 Å². The molecule has 1 atom stereocenters. The predicted octanol–water partition coefficient (Wildman–Crippen LogP) is 3.13. The van der Waals surface area contributed by atoms with Crippen molar-refractivity contribution in [2.24, 2.45) is 0 Å². The maximum absolute atomic E-state index is 13.1. The van der Waals surface area contributed by atoms with Crippen LogP contribution < -0.4 is 5.12 Å². The summed E-state index contributed by atoms with van der Waals surface area (Å²) in [6, 6.07) is 4.78. The summed E-state index contributed by atoms with van der Waals surface area (Å²) in [6.07, 6.45) is -8.84. The van der Waals surface area contributed by atoms with E-state index in [1.165, 1.54) is 12.1 Å². The van der Waals surface area contributed by atoms with Crippen LogP contribution in [0.2, 0.25) is 0 Å². The van der Waals surface area contributed by atoms with Crippen molar-refractivity contribution in [3.05, 3.63) is 29.8 Å². The number of amides is 1. The van der Waals surface area contributed by atoms with E-state index in [-0.39, 0.29) is 0 Å². The first-order valence-electron chi connectivity index (χ1n) is 4.23. The number of alkyl halides is 3. The van der Waals surface area contributed by atoms with E-state index >= 15 is 0 Å². The minimum absolute atomic E-state index is 0.419. The number of carbonyl (C=O) groups excluding carboxylic acids is 1. The highest BCUT2D eigenvalue weighted by Crippen LogP contribution is 2.43. The molecule has 1 aliphatic rings. The minimum atomic E-state index is -4.76. The topological polar surface area (TPSA) is 29.5 Å². The largest absolute Gasteiger partial charge is 0.443 e. The second-order valence-corrected chi connectivity index (χ2v) is 3.15. The number of halogens is 4. The summed E-state index contributed by atoms with van der Waals surface area (Å²) in [5.41, 5.74) is -0.863. The number of para-hydroxylation sites is 1. The molecule has 0 aromatic heterocycles. The predicted molar refractivity (Wildman–Crippen MR) is 45.3 cm³/mol. The van der Waals surface area contributed by atoms with Gasteiger partial charge in [-0.1, -0.05) is 22.7 Å². The van der Waals surface area contributed by atoms with E-state index in [0.717, 1.165) is 12.1 Å². The molecule has 0 bridgehead atoms. The monoisotopic (exact) mass is 235 g/mol. The van der Waals surface area contributed by atoms with Crippen molar-refractivity contribution in [3.8, 4) is 0 Å². The molecule has 0 spiro atoms. The molecule has 1 aromatic rings. The number of hydrogen-bond acceptors (Lipinski definition) is 2. The van der Waals surface area contributed by atoms with E-state index in [0.29, 0.717) is 0 Å². The molecule has 3 nitrogen and oxygen atoms in total. The van der Waals surface area contributed by atoms with Crippen molar-refractivity contribution < 1.29 is 27.2 Å². The molecule has 0 fully saturated rings. The minimum Gasteiger partial charge on any atom is -0.429 e. The lowest BCUT2D eigenvalue weighted by Crippen LogP contribution is -2.37. The van der Waals surface area contributed by atoms with Crippen LogP contribution in [0, 0.1) is 0 Å². The Morgan fingerprint density at radius 1 is 1.25 bits per heavy atom. The Bertz CT molecular complexity index is 432. The molecule has 1 aliphatic heterocycles. The van der Waals surface area contributed by atoms with Gasteiger partial charge in [0.05, 0.1) is 5.69 Å². The number of nitrogens with zero attached hydrogens (tertiary/aromatic N) is 1. The quantitative estimate of drug-likeness (QED) is 0.510. The number of benzene rings is 1. The fourth-order valence-electron chi connectivity index (χ4n) is 1.44. The van der Waals surface area contributed by atoms with Crippen LogP contribution >= 0.6 is 0 Å². The van der Waals surface area contributed by atoms with Crippen LogP contribution in [0.4, 0.5) is 28.1 Å². The van der Waals surface area contributed by atoms with Crippen molar-refractivity contribution in [2.75, 3.05) is 5.12 Å². The van der Waals surface area contributed by atoms with E-state index in [2.05, 4.69) is 4.74 Å². The van der Waals surface area contributed by atoms with E-state index in [1.807, 2.05) is 0 Å². The summed E-state index contributed by atoms with van der Waals surface area (Å²) in [5, 5.41) is -0.447. The van der Waals surface area contributed by atoms with Gasteiger partial charge in [0.25, 0.3) is 0 Å². The summed E-state index contributed by atoms with van der Waals surface area (Å²) >= 11 is 0. The molecule has 1 heterocycles. The summed E-state index contributed by atoms with van der Waals surface area (Å²) in [5.74, 6) is 0. The summed E-state index contributed by atoms with van der Waals surface area (Å²) in [7, 11) is 0. The number of cyclic esters (lactones) is 1. The highest BCUT2D eigenvalue weighted by atomic mass is 19.4. The lowest BCUT2D eigenvalue weighted by Gasteiger charge is -2.29. The number of anilines is 1. The van der Waals surface area contributed by atoms with Gasteiger partial charge in [0, 0.05) is 5.56 Å². The van der Waals surface area contributed by atoms with Crippen LogP contribution in [-0.4, -0.2) is 12.3 Å². The maximum atomic E-state index is 13.1. The average Bonchev–Trinajstić information content (AvgIpc) is 2.22. The number of carbonyl (C=O) groups is 1. The zero-order valence-electron chi connectivity index (χ0n) is 7.66. The van der Waals surface area contributed by atoms with Gasteiger partial charge in [-0.05, 0) is 6.07 Å². The zero-order valence-corrected chi connectivity index (χ0v) is 7.66. The highest BCUT2D eigenvalue weighted by Gasteiger charge is 2.49. The van der Waals surface area contributed by atoms with Gasteiger partial charge in [-0.15, -0.1) is 5.12 Å². The van der Waals surface area contributed by atoms with Crippen molar-refractivity contribution in [2.45, 2.75) is 12.3 Å². The maximum Gasteiger partial charge on any atom is 0.443 e. The molecule has 16 heavy (non-hydrogen) atoms. The Balaban J connectivity index is 2.53. The molecule has 1 unspecified atom stereocenters. The van der Waals surface area contributed by atoms with Crippen LogP contribution in [-0.2, 0) is 4.74 Å². The van der Waals surface area contributed by atoms with Crippen LogP contribution in [0.5, 0.6) is 0 Å². The van der Waals surface area contributed by atoms with Gasteiger partial charge in [0.1, 0.15) is 0 Å². The van der Waals surface area contributed by atoms with Crippen LogP contribution in [0.3, 0.4) is 0 Å².